The van der Waals surface area contributed by atoms with Gasteiger partial charge in [-0.15, -0.1) is 0 Å². The Hall–Kier alpha value is -0.870. The predicted octanol–water partition coefficient (Wildman–Crippen LogP) is 1.01. The molecule has 1 rings (SSSR count). The van der Waals surface area contributed by atoms with Gasteiger partial charge in [0.25, 0.3) is 0 Å². The van der Waals surface area contributed by atoms with Crippen LogP contribution in [0.3, 0.4) is 0 Å². The molecule has 15 heavy (non-hydrogen) atoms. The second-order valence-corrected chi connectivity index (χ2v) is 4.11. The zero-order valence-corrected chi connectivity index (χ0v) is 9.85. The van der Waals surface area contributed by atoms with E-state index in [0.29, 0.717) is 0 Å². The van der Waals surface area contributed by atoms with Crippen molar-refractivity contribution in [3.8, 4) is 0 Å². The van der Waals surface area contributed by atoms with Crippen molar-refractivity contribution in [2.24, 2.45) is 7.05 Å². The van der Waals surface area contributed by atoms with E-state index < -0.39 is 0 Å². The lowest BCUT2D eigenvalue weighted by Gasteiger charge is -2.17. The second-order valence-electron chi connectivity index (χ2n) is 4.11. The first kappa shape index (κ1) is 12.2. The van der Waals surface area contributed by atoms with Crippen LogP contribution in [0.5, 0.6) is 0 Å². The fraction of sp³-hybridized carbons (Fsp3) is 0.727. The van der Waals surface area contributed by atoms with Crippen LogP contribution in [-0.4, -0.2) is 39.5 Å². The first-order chi connectivity index (χ1) is 7.11. The standard InChI is InChI=1S/C11H21N3O/c1-4-11(15)5-6-13(2)8-10-7-12-14(3)9-10/h7,9,11,15H,4-6,8H2,1-3H3. The third-order valence-electron chi connectivity index (χ3n) is 2.53. The Balaban J connectivity index is 2.27. The van der Waals surface area contributed by atoms with Gasteiger partial charge in [0.15, 0.2) is 0 Å². The van der Waals surface area contributed by atoms with Gasteiger partial charge in [0.05, 0.1) is 12.3 Å². The molecular formula is C11H21N3O. The Kier molecular flexibility index (Phi) is 4.78. The van der Waals surface area contributed by atoms with Crippen LogP contribution in [0.4, 0.5) is 0 Å². The number of nitrogens with zero attached hydrogens (tertiary/aromatic N) is 3. The highest BCUT2D eigenvalue weighted by molar-refractivity contribution is 5.02. The minimum Gasteiger partial charge on any atom is -0.393 e. The molecule has 4 heteroatoms. The molecule has 0 fully saturated rings. The summed E-state index contributed by atoms with van der Waals surface area (Å²) in [7, 11) is 3.99. The van der Waals surface area contributed by atoms with Crippen LogP contribution in [-0.2, 0) is 13.6 Å². The maximum absolute atomic E-state index is 9.43. The topological polar surface area (TPSA) is 41.3 Å². The van der Waals surface area contributed by atoms with Gasteiger partial charge in [0.2, 0.25) is 0 Å². The van der Waals surface area contributed by atoms with Crippen molar-refractivity contribution in [1.29, 1.82) is 0 Å². The quantitative estimate of drug-likeness (QED) is 0.763. The van der Waals surface area contributed by atoms with Crippen molar-refractivity contribution in [3.05, 3.63) is 18.0 Å². The predicted molar refractivity (Wildman–Crippen MR) is 60.5 cm³/mol. The van der Waals surface area contributed by atoms with E-state index in [-0.39, 0.29) is 6.10 Å². The summed E-state index contributed by atoms with van der Waals surface area (Å²) in [5.74, 6) is 0. The molecule has 1 heterocycles. The summed E-state index contributed by atoms with van der Waals surface area (Å²) in [5, 5.41) is 13.6. The zero-order valence-electron chi connectivity index (χ0n) is 9.85. The molecule has 0 spiro atoms. The van der Waals surface area contributed by atoms with E-state index in [4.69, 9.17) is 0 Å². The van der Waals surface area contributed by atoms with Gasteiger partial charge in [0, 0.05) is 31.9 Å². The lowest BCUT2D eigenvalue weighted by Crippen LogP contribution is -2.22. The highest BCUT2D eigenvalue weighted by Gasteiger charge is 2.05. The number of hydrogen-bond donors (Lipinski definition) is 1. The maximum atomic E-state index is 9.43. The summed E-state index contributed by atoms with van der Waals surface area (Å²) < 4.78 is 1.81. The Bertz CT molecular complexity index is 285. The molecule has 0 aliphatic rings. The molecule has 86 valence electrons. The van der Waals surface area contributed by atoms with E-state index in [2.05, 4.69) is 17.0 Å². The molecular weight excluding hydrogens is 190 g/mol. The van der Waals surface area contributed by atoms with Gasteiger partial charge >= 0.3 is 0 Å². The van der Waals surface area contributed by atoms with E-state index in [9.17, 15) is 5.11 Å². The molecule has 0 aliphatic carbocycles. The third kappa shape index (κ3) is 4.44. The zero-order chi connectivity index (χ0) is 11.3. The Morgan fingerprint density at radius 2 is 2.33 bits per heavy atom. The summed E-state index contributed by atoms with van der Waals surface area (Å²) >= 11 is 0. The van der Waals surface area contributed by atoms with Gasteiger partial charge in [-0.1, -0.05) is 6.92 Å². The lowest BCUT2D eigenvalue weighted by atomic mass is 10.2. The molecule has 0 aliphatic heterocycles. The highest BCUT2D eigenvalue weighted by Crippen LogP contribution is 2.04. The summed E-state index contributed by atoms with van der Waals surface area (Å²) in [6.07, 6.45) is 5.41. The molecule has 0 saturated carbocycles. The van der Waals surface area contributed by atoms with Crippen LogP contribution >= 0.6 is 0 Å². The fourth-order valence-corrected chi connectivity index (χ4v) is 1.52. The normalized spacial score (nSPS) is 13.4. The summed E-state index contributed by atoms with van der Waals surface area (Å²) in [4.78, 5) is 2.20. The van der Waals surface area contributed by atoms with Crippen LogP contribution in [0.1, 0.15) is 25.3 Å². The average Bonchev–Trinajstić information content (AvgIpc) is 2.60. The van der Waals surface area contributed by atoms with E-state index >= 15 is 0 Å². The largest absolute Gasteiger partial charge is 0.393 e. The summed E-state index contributed by atoms with van der Waals surface area (Å²) in [6.45, 7) is 3.82. The van der Waals surface area contributed by atoms with Crippen LogP contribution in [0.25, 0.3) is 0 Å². The lowest BCUT2D eigenvalue weighted by molar-refractivity contribution is 0.142. The molecule has 4 nitrogen and oxygen atoms in total. The number of aliphatic hydroxyl groups excluding tert-OH is 1. The van der Waals surface area contributed by atoms with Crippen molar-refractivity contribution in [2.45, 2.75) is 32.4 Å². The first-order valence-electron chi connectivity index (χ1n) is 5.46. The number of aromatic nitrogens is 2. The SMILES string of the molecule is CCC(O)CCN(C)Cc1cnn(C)c1. The smallest absolute Gasteiger partial charge is 0.0549 e. The van der Waals surface area contributed by atoms with E-state index in [1.807, 2.05) is 31.0 Å². The minimum absolute atomic E-state index is 0.165. The van der Waals surface area contributed by atoms with Crippen molar-refractivity contribution >= 4 is 0 Å². The number of aryl methyl sites for hydroxylation is 1. The van der Waals surface area contributed by atoms with Crippen molar-refractivity contribution in [2.75, 3.05) is 13.6 Å². The van der Waals surface area contributed by atoms with Crippen LogP contribution in [0.2, 0.25) is 0 Å². The van der Waals surface area contributed by atoms with Crippen molar-refractivity contribution < 1.29 is 5.11 Å². The Morgan fingerprint density at radius 3 is 2.87 bits per heavy atom. The monoisotopic (exact) mass is 211 g/mol. The van der Waals surface area contributed by atoms with Gasteiger partial charge in [-0.25, -0.2) is 0 Å². The van der Waals surface area contributed by atoms with Crippen molar-refractivity contribution in [1.82, 2.24) is 14.7 Å². The van der Waals surface area contributed by atoms with E-state index in [1.165, 1.54) is 5.56 Å². The van der Waals surface area contributed by atoms with Crippen molar-refractivity contribution in [3.63, 3.8) is 0 Å². The van der Waals surface area contributed by atoms with Crippen LogP contribution < -0.4 is 0 Å². The molecule has 1 N–H and O–H groups in total. The second kappa shape index (κ2) is 5.88. The fourth-order valence-electron chi connectivity index (χ4n) is 1.52. The summed E-state index contributed by atoms with van der Waals surface area (Å²) in [6, 6.07) is 0. The Morgan fingerprint density at radius 1 is 1.60 bits per heavy atom. The van der Waals surface area contributed by atoms with Crippen LogP contribution in [0.15, 0.2) is 12.4 Å². The molecule has 1 unspecified atom stereocenters. The number of aliphatic hydroxyl groups is 1. The molecule has 0 aromatic carbocycles. The van der Waals surface area contributed by atoms with Gasteiger partial charge in [-0.2, -0.15) is 5.10 Å². The van der Waals surface area contributed by atoms with Gasteiger partial charge in [0.1, 0.15) is 0 Å². The minimum atomic E-state index is -0.165. The van der Waals surface area contributed by atoms with E-state index in [0.717, 1.165) is 25.9 Å². The number of rotatable bonds is 6. The van der Waals surface area contributed by atoms with Crippen LogP contribution in [0, 0.1) is 0 Å². The molecule has 1 aromatic heterocycles. The molecule has 1 aromatic rings. The van der Waals surface area contributed by atoms with Gasteiger partial charge in [-0.3, -0.25) is 4.68 Å². The van der Waals surface area contributed by atoms with Gasteiger partial charge < -0.3 is 10.0 Å². The Labute approximate surface area is 91.5 Å². The first-order valence-corrected chi connectivity index (χ1v) is 5.46. The highest BCUT2D eigenvalue weighted by atomic mass is 16.3. The molecule has 0 radical (unpaired) electrons. The molecule has 0 amide bonds. The average molecular weight is 211 g/mol. The third-order valence-corrected chi connectivity index (χ3v) is 2.53. The maximum Gasteiger partial charge on any atom is 0.0549 e. The summed E-state index contributed by atoms with van der Waals surface area (Å²) in [5.41, 5.74) is 1.21. The molecule has 1 atom stereocenters. The molecule has 0 bridgehead atoms. The van der Waals surface area contributed by atoms with Gasteiger partial charge in [-0.05, 0) is 19.9 Å². The van der Waals surface area contributed by atoms with E-state index in [1.54, 1.807) is 0 Å². The number of hydrogen-bond acceptors (Lipinski definition) is 3. The molecule has 0 saturated heterocycles.